The maximum absolute atomic E-state index is 12.4. The average molecular weight is 357 g/mol. The van der Waals surface area contributed by atoms with Crippen LogP contribution in [0, 0.1) is 11.3 Å². The lowest BCUT2D eigenvalue weighted by atomic mass is 9.86. The van der Waals surface area contributed by atoms with Gasteiger partial charge < -0.3 is 10.4 Å². The lowest BCUT2D eigenvalue weighted by Gasteiger charge is -2.19. The van der Waals surface area contributed by atoms with Gasteiger partial charge in [-0.1, -0.05) is 44.5 Å². The third-order valence-electron chi connectivity index (χ3n) is 3.72. The summed E-state index contributed by atoms with van der Waals surface area (Å²) in [5.74, 6) is -1.71. The Kier molecular flexibility index (Phi) is 5.15. The fraction of sp³-hybridized carbons (Fsp3) is 0.211. The van der Waals surface area contributed by atoms with Gasteiger partial charge >= 0.3 is 5.97 Å². The molecule has 25 heavy (non-hydrogen) atoms. The number of nitrogens with zero attached hydrogens (tertiary/aromatic N) is 1. The highest BCUT2D eigenvalue weighted by atomic mass is 35.5. The molecule has 0 atom stereocenters. The van der Waals surface area contributed by atoms with Crippen LogP contribution in [0.2, 0.25) is 5.02 Å². The van der Waals surface area contributed by atoms with Gasteiger partial charge in [-0.25, -0.2) is 4.79 Å². The van der Waals surface area contributed by atoms with Gasteiger partial charge in [0.25, 0.3) is 5.91 Å². The van der Waals surface area contributed by atoms with Crippen LogP contribution in [-0.4, -0.2) is 17.0 Å². The van der Waals surface area contributed by atoms with E-state index >= 15 is 0 Å². The maximum atomic E-state index is 12.4. The number of benzene rings is 2. The first-order chi connectivity index (χ1) is 11.6. The Morgan fingerprint density at radius 3 is 2.24 bits per heavy atom. The molecule has 2 aromatic rings. The molecule has 0 heterocycles. The molecule has 0 saturated carbocycles. The molecule has 6 heteroatoms. The number of nitrogens with one attached hydrogen (secondary N) is 1. The zero-order valence-electron chi connectivity index (χ0n) is 14.1. The van der Waals surface area contributed by atoms with E-state index in [-0.39, 0.29) is 27.3 Å². The molecular weight excluding hydrogens is 340 g/mol. The zero-order valence-corrected chi connectivity index (χ0v) is 14.8. The largest absolute Gasteiger partial charge is 0.478 e. The summed E-state index contributed by atoms with van der Waals surface area (Å²) in [6, 6.07) is 11.3. The van der Waals surface area contributed by atoms with Crippen molar-refractivity contribution >= 4 is 29.2 Å². The monoisotopic (exact) mass is 356 g/mol. The minimum Gasteiger partial charge on any atom is -0.478 e. The summed E-state index contributed by atoms with van der Waals surface area (Å²) in [6.45, 7) is 6.21. The minimum atomic E-state index is -1.26. The van der Waals surface area contributed by atoms with Crippen molar-refractivity contribution in [3.05, 3.63) is 63.7 Å². The van der Waals surface area contributed by atoms with Crippen LogP contribution in [0.25, 0.3) is 0 Å². The van der Waals surface area contributed by atoms with Crippen molar-refractivity contribution in [1.29, 1.82) is 5.26 Å². The van der Waals surface area contributed by atoms with Crippen molar-refractivity contribution < 1.29 is 14.7 Å². The van der Waals surface area contributed by atoms with Gasteiger partial charge in [0.2, 0.25) is 0 Å². The number of aromatic carboxylic acids is 1. The van der Waals surface area contributed by atoms with Crippen molar-refractivity contribution in [2.45, 2.75) is 26.2 Å². The Balaban J connectivity index is 2.33. The van der Waals surface area contributed by atoms with Gasteiger partial charge in [0, 0.05) is 5.56 Å². The number of rotatable bonds is 3. The van der Waals surface area contributed by atoms with Crippen LogP contribution in [0.5, 0.6) is 0 Å². The second-order valence-electron chi connectivity index (χ2n) is 6.58. The van der Waals surface area contributed by atoms with E-state index in [1.807, 2.05) is 18.2 Å². The quantitative estimate of drug-likeness (QED) is 0.849. The van der Waals surface area contributed by atoms with Crippen molar-refractivity contribution in [3.63, 3.8) is 0 Å². The molecule has 2 N–H and O–H groups in total. The molecule has 0 aromatic heterocycles. The van der Waals surface area contributed by atoms with Crippen LogP contribution in [-0.2, 0) is 5.41 Å². The van der Waals surface area contributed by atoms with Crippen molar-refractivity contribution in [3.8, 4) is 6.07 Å². The summed E-state index contributed by atoms with van der Waals surface area (Å²) in [4.78, 5) is 23.8. The Hall–Kier alpha value is -2.84. The molecule has 2 aromatic carbocycles. The number of hydrogen-bond acceptors (Lipinski definition) is 3. The van der Waals surface area contributed by atoms with E-state index in [4.69, 9.17) is 16.9 Å². The van der Waals surface area contributed by atoms with Crippen LogP contribution >= 0.6 is 11.6 Å². The number of halogens is 1. The normalized spacial score (nSPS) is 10.8. The lowest BCUT2D eigenvalue weighted by Crippen LogP contribution is -2.16. The highest BCUT2D eigenvalue weighted by molar-refractivity contribution is 6.32. The van der Waals surface area contributed by atoms with E-state index in [1.54, 1.807) is 12.1 Å². The van der Waals surface area contributed by atoms with E-state index in [1.165, 1.54) is 6.07 Å². The standard InChI is InChI=1S/C19H17ClN2O3/c1-19(2,3)13-6-4-11(5-7-13)17(23)22-16-9-15(20)12(10-21)8-14(16)18(24)25/h4-9H,1-3H3,(H,22,23)(H,24,25). The van der Waals surface area contributed by atoms with Gasteiger partial charge in [0.05, 0.1) is 21.8 Å². The molecule has 0 bridgehead atoms. The van der Waals surface area contributed by atoms with Gasteiger partial charge in [0.1, 0.15) is 6.07 Å². The number of carbonyl (C=O) groups excluding carboxylic acids is 1. The van der Waals surface area contributed by atoms with E-state index in [2.05, 4.69) is 26.1 Å². The zero-order chi connectivity index (χ0) is 18.8. The van der Waals surface area contributed by atoms with Crippen LogP contribution in [0.15, 0.2) is 36.4 Å². The second-order valence-corrected chi connectivity index (χ2v) is 6.98. The summed E-state index contributed by atoms with van der Waals surface area (Å²) in [7, 11) is 0. The number of amides is 1. The van der Waals surface area contributed by atoms with Crippen molar-refractivity contribution in [2.24, 2.45) is 0 Å². The van der Waals surface area contributed by atoms with E-state index in [0.717, 1.165) is 11.6 Å². The summed E-state index contributed by atoms with van der Waals surface area (Å²) in [5.41, 5.74) is 1.32. The number of carboxylic acids is 1. The molecule has 0 spiro atoms. The molecule has 2 rings (SSSR count). The molecule has 0 fully saturated rings. The smallest absolute Gasteiger partial charge is 0.337 e. The molecule has 0 aliphatic heterocycles. The molecule has 0 radical (unpaired) electrons. The van der Waals surface area contributed by atoms with Crippen LogP contribution in [0.4, 0.5) is 5.69 Å². The first kappa shape index (κ1) is 18.5. The predicted molar refractivity (Wildman–Crippen MR) is 96.2 cm³/mol. The fourth-order valence-electron chi connectivity index (χ4n) is 2.26. The topological polar surface area (TPSA) is 90.2 Å². The summed E-state index contributed by atoms with van der Waals surface area (Å²) < 4.78 is 0. The summed E-state index contributed by atoms with van der Waals surface area (Å²) in [5, 5.41) is 20.9. The van der Waals surface area contributed by atoms with Gasteiger partial charge in [-0.05, 0) is 35.2 Å². The average Bonchev–Trinajstić information content (AvgIpc) is 2.54. The highest BCUT2D eigenvalue weighted by Gasteiger charge is 2.18. The van der Waals surface area contributed by atoms with E-state index < -0.39 is 11.9 Å². The number of nitriles is 1. The third-order valence-corrected chi connectivity index (χ3v) is 4.03. The molecule has 0 unspecified atom stereocenters. The minimum absolute atomic E-state index is 0.0339. The molecule has 0 aliphatic rings. The fourth-order valence-corrected chi connectivity index (χ4v) is 2.46. The van der Waals surface area contributed by atoms with Gasteiger partial charge in [-0.15, -0.1) is 0 Å². The number of anilines is 1. The molecular formula is C19H17ClN2O3. The first-order valence-electron chi connectivity index (χ1n) is 7.52. The first-order valence-corrected chi connectivity index (χ1v) is 7.90. The second kappa shape index (κ2) is 6.96. The molecule has 0 saturated heterocycles. The number of carboxylic acid groups (broad SMARTS) is 1. The van der Waals surface area contributed by atoms with Gasteiger partial charge in [-0.2, -0.15) is 5.26 Å². The van der Waals surface area contributed by atoms with Crippen LogP contribution in [0.1, 0.15) is 52.6 Å². The van der Waals surface area contributed by atoms with Crippen molar-refractivity contribution in [2.75, 3.05) is 5.32 Å². The third kappa shape index (κ3) is 4.17. The SMILES string of the molecule is CC(C)(C)c1ccc(C(=O)Nc2cc(Cl)c(C#N)cc2C(=O)O)cc1. The van der Waals surface area contributed by atoms with Crippen LogP contribution < -0.4 is 5.32 Å². The Labute approximate surface area is 150 Å². The molecule has 5 nitrogen and oxygen atoms in total. The molecule has 1 amide bonds. The van der Waals surface area contributed by atoms with Gasteiger partial charge in [-0.3, -0.25) is 4.79 Å². The Morgan fingerprint density at radius 2 is 1.76 bits per heavy atom. The van der Waals surface area contributed by atoms with Crippen LogP contribution in [0.3, 0.4) is 0 Å². The van der Waals surface area contributed by atoms with Crippen molar-refractivity contribution in [1.82, 2.24) is 0 Å². The lowest BCUT2D eigenvalue weighted by molar-refractivity contribution is 0.0698. The summed E-state index contributed by atoms with van der Waals surface area (Å²) >= 11 is 5.94. The predicted octanol–water partition coefficient (Wildman–Crippen LogP) is 4.46. The number of carbonyl (C=O) groups is 2. The van der Waals surface area contributed by atoms with E-state index in [0.29, 0.717) is 5.56 Å². The van der Waals surface area contributed by atoms with E-state index in [9.17, 15) is 14.7 Å². The summed E-state index contributed by atoms with van der Waals surface area (Å²) in [6.07, 6.45) is 0. The highest BCUT2D eigenvalue weighted by Crippen LogP contribution is 2.26. The Bertz CT molecular complexity index is 875. The molecule has 128 valence electrons. The number of hydrogen-bond donors (Lipinski definition) is 2. The molecule has 0 aliphatic carbocycles. The Morgan fingerprint density at radius 1 is 1.16 bits per heavy atom. The maximum Gasteiger partial charge on any atom is 0.337 e. The van der Waals surface area contributed by atoms with Gasteiger partial charge in [0.15, 0.2) is 0 Å².